The maximum Gasteiger partial charge on any atom is 0.412 e. The number of rotatable bonds is 6. The summed E-state index contributed by atoms with van der Waals surface area (Å²) in [4.78, 5) is 11.7. The molecule has 1 heterocycles. The van der Waals surface area contributed by atoms with E-state index in [4.69, 9.17) is 4.74 Å². The van der Waals surface area contributed by atoms with Crippen molar-refractivity contribution in [3.05, 3.63) is 23.8 Å². The number of hydrogen-bond acceptors (Lipinski definition) is 3. The molecule has 20 heavy (non-hydrogen) atoms. The van der Waals surface area contributed by atoms with E-state index in [1.165, 1.54) is 18.4 Å². The van der Waals surface area contributed by atoms with Crippen molar-refractivity contribution >= 4 is 11.8 Å². The van der Waals surface area contributed by atoms with Gasteiger partial charge in [-0.15, -0.1) is 0 Å². The van der Waals surface area contributed by atoms with E-state index < -0.39 is 0 Å². The standard InChI is InChI=1S/C16H24N2O2/c1-2-3-4-5-10-18-16(19)20-14-8-9-15-13(12-14)7-6-11-17-15/h8-9,12,17H,2-7,10-11H2,1H3,(H,18,19). The fourth-order valence-corrected chi connectivity index (χ4v) is 2.40. The van der Waals surface area contributed by atoms with Crippen molar-refractivity contribution in [3.8, 4) is 5.75 Å². The molecule has 0 fully saturated rings. The predicted octanol–water partition coefficient (Wildman–Crippen LogP) is 3.71. The maximum absolute atomic E-state index is 11.7. The smallest absolute Gasteiger partial charge is 0.410 e. The van der Waals surface area contributed by atoms with Crippen LogP contribution >= 0.6 is 0 Å². The summed E-state index contributed by atoms with van der Waals surface area (Å²) in [5.74, 6) is 0.624. The second-order valence-electron chi connectivity index (χ2n) is 5.23. The fraction of sp³-hybridized carbons (Fsp3) is 0.562. The molecular weight excluding hydrogens is 252 g/mol. The van der Waals surface area contributed by atoms with Crippen molar-refractivity contribution in [1.82, 2.24) is 5.32 Å². The van der Waals surface area contributed by atoms with Crippen molar-refractivity contribution in [2.45, 2.75) is 45.4 Å². The molecule has 0 saturated heterocycles. The van der Waals surface area contributed by atoms with E-state index in [2.05, 4.69) is 17.6 Å². The fourth-order valence-electron chi connectivity index (χ4n) is 2.40. The van der Waals surface area contributed by atoms with Gasteiger partial charge < -0.3 is 15.4 Å². The van der Waals surface area contributed by atoms with E-state index >= 15 is 0 Å². The molecule has 110 valence electrons. The summed E-state index contributed by atoms with van der Waals surface area (Å²) in [5, 5.41) is 6.13. The van der Waals surface area contributed by atoms with Gasteiger partial charge in [-0.1, -0.05) is 26.2 Å². The van der Waals surface area contributed by atoms with Gasteiger partial charge in [0, 0.05) is 18.8 Å². The molecule has 1 aromatic carbocycles. The molecule has 2 rings (SSSR count). The number of carbonyl (C=O) groups excluding carboxylic acids is 1. The Bertz CT molecular complexity index is 446. The van der Waals surface area contributed by atoms with Crippen LogP contribution in [0.25, 0.3) is 0 Å². The van der Waals surface area contributed by atoms with Crippen molar-refractivity contribution in [3.63, 3.8) is 0 Å². The lowest BCUT2D eigenvalue weighted by Gasteiger charge is -2.18. The van der Waals surface area contributed by atoms with Crippen LogP contribution in [-0.2, 0) is 6.42 Å². The molecule has 1 amide bonds. The first-order valence-corrected chi connectivity index (χ1v) is 7.62. The van der Waals surface area contributed by atoms with Crippen LogP contribution in [0.4, 0.5) is 10.5 Å². The first-order chi connectivity index (χ1) is 9.79. The minimum absolute atomic E-state index is 0.356. The topological polar surface area (TPSA) is 50.4 Å². The summed E-state index contributed by atoms with van der Waals surface area (Å²) >= 11 is 0. The minimum Gasteiger partial charge on any atom is -0.410 e. The van der Waals surface area contributed by atoms with Crippen LogP contribution in [0.5, 0.6) is 5.75 Å². The molecule has 0 bridgehead atoms. The zero-order chi connectivity index (χ0) is 14.2. The van der Waals surface area contributed by atoms with Crippen LogP contribution in [-0.4, -0.2) is 19.2 Å². The third-order valence-corrected chi connectivity index (χ3v) is 3.53. The molecule has 1 aromatic rings. The van der Waals surface area contributed by atoms with Gasteiger partial charge in [-0.2, -0.15) is 0 Å². The summed E-state index contributed by atoms with van der Waals surface area (Å²) in [5.41, 5.74) is 2.38. The minimum atomic E-state index is -0.356. The maximum atomic E-state index is 11.7. The highest BCUT2D eigenvalue weighted by molar-refractivity contribution is 5.71. The predicted molar refractivity (Wildman–Crippen MR) is 81.4 cm³/mol. The number of anilines is 1. The van der Waals surface area contributed by atoms with E-state index in [0.29, 0.717) is 12.3 Å². The van der Waals surface area contributed by atoms with Crippen LogP contribution in [0, 0.1) is 0 Å². The van der Waals surface area contributed by atoms with Crippen LogP contribution in [0.3, 0.4) is 0 Å². The third-order valence-electron chi connectivity index (χ3n) is 3.53. The summed E-state index contributed by atoms with van der Waals surface area (Å²) in [6.45, 7) is 3.88. The Balaban J connectivity index is 1.76. The second kappa shape index (κ2) is 7.78. The van der Waals surface area contributed by atoms with E-state index in [-0.39, 0.29) is 6.09 Å². The molecule has 0 aliphatic carbocycles. The summed E-state index contributed by atoms with van der Waals surface area (Å²) in [7, 11) is 0. The summed E-state index contributed by atoms with van der Waals surface area (Å²) < 4.78 is 5.31. The summed E-state index contributed by atoms with van der Waals surface area (Å²) in [6.07, 6.45) is 6.39. The number of nitrogens with one attached hydrogen (secondary N) is 2. The highest BCUT2D eigenvalue weighted by atomic mass is 16.6. The zero-order valence-corrected chi connectivity index (χ0v) is 12.2. The second-order valence-corrected chi connectivity index (χ2v) is 5.23. The van der Waals surface area contributed by atoms with Crippen LogP contribution < -0.4 is 15.4 Å². The lowest BCUT2D eigenvalue weighted by molar-refractivity contribution is 0.200. The van der Waals surface area contributed by atoms with Gasteiger partial charge in [-0.3, -0.25) is 0 Å². The average Bonchev–Trinajstić information content (AvgIpc) is 2.47. The number of hydrogen-bond donors (Lipinski definition) is 2. The van der Waals surface area contributed by atoms with Gasteiger partial charge in [-0.05, 0) is 43.0 Å². The van der Waals surface area contributed by atoms with E-state index in [1.54, 1.807) is 0 Å². The Labute approximate surface area is 120 Å². The monoisotopic (exact) mass is 276 g/mol. The molecular formula is C16H24N2O2. The first kappa shape index (κ1) is 14.7. The van der Waals surface area contributed by atoms with E-state index in [1.807, 2.05) is 18.2 Å². The van der Waals surface area contributed by atoms with E-state index in [9.17, 15) is 4.79 Å². The number of amides is 1. The number of fused-ring (bicyclic) bond motifs is 1. The lowest BCUT2D eigenvalue weighted by atomic mass is 10.0. The Kier molecular flexibility index (Phi) is 5.71. The van der Waals surface area contributed by atoms with Gasteiger partial charge in [-0.25, -0.2) is 4.79 Å². The van der Waals surface area contributed by atoms with Crippen molar-refractivity contribution < 1.29 is 9.53 Å². The van der Waals surface area contributed by atoms with Crippen molar-refractivity contribution in [1.29, 1.82) is 0 Å². The van der Waals surface area contributed by atoms with Crippen LogP contribution in [0.1, 0.15) is 44.6 Å². The molecule has 4 heteroatoms. The number of carbonyl (C=O) groups is 1. The van der Waals surface area contributed by atoms with Gasteiger partial charge >= 0.3 is 6.09 Å². The molecule has 1 aliphatic rings. The van der Waals surface area contributed by atoms with Gasteiger partial charge in [0.15, 0.2) is 0 Å². The Morgan fingerprint density at radius 3 is 3.10 bits per heavy atom. The SMILES string of the molecule is CCCCCCNC(=O)Oc1ccc2c(c1)CCCN2. The molecule has 0 unspecified atom stereocenters. The Hall–Kier alpha value is -1.71. The largest absolute Gasteiger partial charge is 0.412 e. The highest BCUT2D eigenvalue weighted by Gasteiger charge is 2.11. The quantitative estimate of drug-likeness (QED) is 0.779. The average molecular weight is 276 g/mol. The molecule has 0 spiro atoms. The molecule has 0 aromatic heterocycles. The zero-order valence-electron chi connectivity index (χ0n) is 12.2. The lowest BCUT2D eigenvalue weighted by Crippen LogP contribution is -2.27. The number of unbranched alkanes of at least 4 members (excludes halogenated alkanes) is 3. The molecule has 2 N–H and O–H groups in total. The van der Waals surface area contributed by atoms with Gasteiger partial charge in [0.1, 0.15) is 5.75 Å². The Morgan fingerprint density at radius 1 is 1.35 bits per heavy atom. The number of benzene rings is 1. The van der Waals surface area contributed by atoms with E-state index in [0.717, 1.165) is 37.9 Å². The van der Waals surface area contributed by atoms with Crippen LogP contribution in [0.15, 0.2) is 18.2 Å². The van der Waals surface area contributed by atoms with Gasteiger partial charge in [0.2, 0.25) is 0 Å². The van der Waals surface area contributed by atoms with Crippen LogP contribution in [0.2, 0.25) is 0 Å². The number of aryl methyl sites for hydroxylation is 1. The normalized spacial score (nSPS) is 13.2. The van der Waals surface area contributed by atoms with Gasteiger partial charge in [0.05, 0.1) is 0 Å². The Morgan fingerprint density at radius 2 is 2.25 bits per heavy atom. The molecule has 0 saturated carbocycles. The molecule has 0 radical (unpaired) electrons. The van der Waals surface area contributed by atoms with Gasteiger partial charge in [0.25, 0.3) is 0 Å². The molecule has 4 nitrogen and oxygen atoms in total. The number of ether oxygens (including phenoxy) is 1. The third kappa shape index (κ3) is 4.44. The highest BCUT2D eigenvalue weighted by Crippen LogP contribution is 2.26. The van der Waals surface area contributed by atoms with Crippen molar-refractivity contribution in [2.24, 2.45) is 0 Å². The molecule has 0 atom stereocenters. The summed E-state index contributed by atoms with van der Waals surface area (Å²) in [6, 6.07) is 5.78. The molecule has 1 aliphatic heterocycles. The van der Waals surface area contributed by atoms with Crippen molar-refractivity contribution in [2.75, 3.05) is 18.4 Å². The first-order valence-electron chi connectivity index (χ1n) is 7.62.